The van der Waals surface area contributed by atoms with Crippen LogP contribution in [0.15, 0.2) is 71.6 Å². The molecule has 0 aromatic heterocycles. The fourth-order valence-corrected chi connectivity index (χ4v) is 6.07. The van der Waals surface area contributed by atoms with Crippen LogP contribution in [-0.2, 0) is 22.5 Å². The van der Waals surface area contributed by atoms with Crippen molar-refractivity contribution in [3.63, 3.8) is 0 Å². The zero-order valence-electron chi connectivity index (χ0n) is 17.6. The fraction of sp³-hybridized carbons (Fsp3) is 0.143. The van der Waals surface area contributed by atoms with Gasteiger partial charge in [0.05, 0.1) is 23.1 Å². The third-order valence-corrected chi connectivity index (χ3v) is 7.86. The molecule has 0 aliphatic carbocycles. The minimum atomic E-state index is -4.98. The van der Waals surface area contributed by atoms with Crippen LogP contribution in [0.3, 0.4) is 0 Å². The number of alkyl halides is 6. The van der Waals surface area contributed by atoms with Crippen molar-refractivity contribution in [3.8, 4) is 5.75 Å². The van der Waals surface area contributed by atoms with Crippen LogP contribution in [0.2, 0.25) is 0 Å². The first-order chi connectivity index (χ1) is 15.2. The number of rotatable bonds is 5. The fourth-order valence-electron chi connectivity index (χ4n) is 3.05. The first kappa shape index (κ1) is 28.6. The topological polar surface area (TPSA) is 66.4 Å². The molecule has 3 aromatic rings. The molecule has 0 saturated carbocycles. The largest absolute Gasteiger partial charge is 1.00 e. The molecule has 13 heteroatoms. The first-order valence-corrected chi connectivity index (χ1v) is 11.8. The van der Waals surface area contributed by atoms with Crippen molar-refractivity contribution in [2.45, 2.75) is 17.2 Å². The maximum absolute atomic E-state index is 13.0. The Morgan fingerprint density at radius 2 is 1.12 bits per heavy atom. The average molecular weight is 530 g/mol. The van der Waals surface area contributed by atoms with E-state index >= 15 is 0 Å². The van der Waals surface area contributed by atoms with Crippen molar-refractivity contribution in [2.24, 2.45) is 0 Å². The van der Waals surface area contributed by atoms with Crippen LogP contribution in [0.4, 0.5) is 26.3 Å². The van der Waals surface area contributed by atoms with E-state index in [1.165, 1.54) is 36.4 Å². The quantitative estimate of drug-likeness (QED) is 0.217. The van der Waals surface area contributed by atoms with Gasteiger partial charge in [0, 0.05) is 0 Å². The van der Waals surface area contributed by atoms with Crippen molar-refractivity contribution in [1.82, 2.24) is 0 Å². The summed E-state index contributed by atoms with van der Waals surface area (Å²) in [5.41, 5.74) is -1.85. The second-order valence-electron chi connectivity index (χ2n) is 6.71. The normalized spacial score (nSPS) is 12.4. The summed E-state index contributed by atoms with van der Waals surface area (Å²) in [6.07, 6.45) is -9.20. The van der Waals surface area contributed by atoms with Gasteiger partial charge in [0.25, 0.3) is 0 Å². The number of methoxy groups -OCH3 is 1. The second-order valence-corrected chi connectivity index (χ2v) is 10.3. The van der Waals surface area contributed by atoms with E-state index in [0.29, 0.717) is 10.6 Å². The monoisotopic (exact) mass is 530 g/mol. The zero-order chi connectivity index (χ0) is 24.6. The summed E-state index contributed by atoms with van der Waals surface area (Å²) in [5, 5.41) is 0.828. The van der Waals surface area contributed by atoms with Gasteiger partial charge in [-0.05, 0) is 60.2 Å². The molecular weight excluding hydrogens is 516 g/mol. The number of hydrogen-bond acceptors (Lipinski definition) is 4. The first-order valence-electron chi connectivity index (χ1n) is 9.00. The van der Waals surface area contributed by atoms with E-state index < -0.39 is 46.4 Å². The van der Waals surface area contributed by atoms with Gasteiger partial charge >= 0.3 is 41.9 Å². The number of hydrogen-bond donors (Lipinski definition) is 0. The van der Waals surface area contributed by atoms with Crippen molar-refractivity contribution in [1.29, 1.82) is 0 Å². The van der Waals surface area contributed by atoms with Crippen molar-refractivity contribution in [3.05, 3.63) is 77.9 Å². The van der Waals surface area contributed by atoms with Crippen molar-refractivity contribution >= 4 is 34.0 Å². The summed E-state index contributed by atoms with van der Waals surface area (Å²) in [4.78, 5) is -0.686. The van der Waals surface area contributed by atoms with Crippen LogP contribution in [-0.4, -0.2) is 20.1 Å². The summed E-state index contributed by atoms with van der Waals surface area (Å²) in [5.74, 6) is -0.233. The molecule has 0 fully saturated rings. The third kappa shape index (κ3) is 6.53. The van der Waals surface area contributed by atoms with E-state index in [-0.39, 0.29) is 40.6 Å². The Hall–Kier alpha value is -1.62. The molecule has 0 aliphatic heterocycles. The van der Waals surface area contributed by atoms with Crippen LogP contribution in [0.5, 0.6) is 5.75 Å². The average Bonchev–Trinajstić information content (AvgIpc) is 2.73. The Balaban J connectivity index is 0.00000408. The SMILES string of the molecule is COc1ccc(P(c2ccc(C(F)(F)F)cc2)c2ccc(C(F)(F)F)cc2)cc1S(=O)(=O)[O-].[Na+]. The summed E-state index contributed by atoms with van der Waals surface area (Å²) in [6, 6.07) is 11.6. The van der Waals surface area contributed by atoms with E-state index in [9.17, 15) is 39.3 Å². The van der Waals surface area contributed by atoms with Crippen LogP contribution < -0.4 is 50.2 Å². The molecule has 176 valence electrons. The van der Waals surface area contributed by atoms with Gasteiger partial charge in [-0.3, -0.25) is 0 Å². The Labute approximate surface area is 214 Å². The minimum absolute atomic E-state index is 0. The van der Waals surface area contributed by atoms with Gasteiger partial charge in [-0.1, -0.05) is 30.3 Å². The molecule has 34 heavy (non-hydrogen) atoms. The second kappa shape index (κ2) is 10.6. The molecule has 3 rings (SSSR count). The Kier molecular flexibility index (Phi) is 8.88. The van der Waals surface area contributed by atoms with Gasteiger partial charge in [0.1, 0.15) is 15.9 Å². The molecule has 0 radical (unpaired) electrons. The maximum Gasteiger partial charge on any atom is 1.00 e. The molecule has 3 aromatic carbocycles. The summed E-state index contributed by atoms with van der Waals surface area (Å²) < 4.78 is 118. The van der Waals surface area contributed by atoms with E-state index in [2.05, 4.69) is 0 Å². The van der Waals surface area contributed by atoms with Gasteiger partial charge in [0.15, 0.2) is 0 Å². The molecule has 0 bridgehead atoms. The molecule has 4 nitrogen and oxygen atoms in total. The van der Waals surface area contributed by atoms with E-state index in [0.717, 1.165) is 37.4 Å². The smallest absolute Gasteiger partial charge is 0.744 e. The molecular formula is C21H14F6NaO4PS. The van der Waals surface area contributed by atoms with Crippen LogP contribution in [0.25, 0.3) is 0 Å². The molecule has 0 aliphatic rings. The predicted molar refractivity (Wildman–Crippen MR) is 110 cm³/mol. The molecule has 0 heterocycles. The molecule has 0 amide bonds. The number of benzene rings is 3. The van der Waals surface area contributed by atoms with E-state index in [1.54, 1.807) is 0 Å². The van der Waals surface area contributed by atoms with Gasteiger partial charge in [-0.15, -0.1) is 0 Å². The van der Waals surface area contributed by atoms with Gasteiger partial charge < -0.3 is 9.29 Å². The number of halogens is 6. The van der Waals surface area contributed by atoms with E-state index in [4.69, 9.17) is 4.74 Å². The minimum Gasteiger partial charge on any atom is -0.744 e. The van der Waals surface area contributed by atoms with Gasteiger partial charge in [-0.2, -0.15) is 26.3 Å². The van der Waals surface area contributed by atoms with Crippen LogP contribution >= 0.6 is 7.92 Å². The van der Waals surface area contributed by atoms with Crippen molar-refractivity contribution in [2.75, 3.05) is 7.11 Å². The van der Waals surface area contributed by atoms with Crippen LogP contribution in [0.1, 0.15) is 11.1 Å². The summed E-state index contributed by atoms with van der Waals surface area (Å²) >= 11 is 0. The zero-order valence-corrected chi connectivity index (χ0v) is 21.3. The van der Waals surface area contributed by atoms with Crippen LogP contribution in [0, 0.1) is 0 Å². The summed E-state index contributed by atoms with van der Waals surface area (Å²) in [7, 11) is -5.65. The molecule has 0 N–H and O–H groups in total. The molecule has 0 saturated heterocycles. The van der Waals surface area contributed by atoms with Gasteiger partial charge in [0.2, 0.25) is 0 Å². The molecule has 0 atom stereocenters. The van der Waals surface area contributed by atoms with E-state index in [1.807, 2.05) is 0 Å². The van der Waals surface area contributed by atoms with Crippen molar-refractivity contribution < 1.29 is 73.6 Å². The maximum atomic E-state index is 13.0. The Morgan fingerprint density at radius 1 is 0.735 bits per heavy atom. The predicted octanol–water partition coefficient (Wildman–Crippen LogP) is 1.40. The van der Waals surface area contributed by atoms with Gasteiger partial charge in [-0.25, -0.2) is 8.42 Å². The molecule has 0 spiro atoms. The Morgan fingerprint density at radius 3 is 1.44 bits per heavy atom. The Bertz CT molecular complexity index is 1190. The summed E-state index contributed by atoms with van der Waals surface area (Å²) in [6.45, 7) is 0. The third-order valence-electron chi connectivity index (χ3n) is 4.58. The molecule has 0 unspecified atom stereocenters. The number of ether oxygens (including phenoxy) is 1. The standard InChI is InChI=1S/C21H15F6O4PS.Na/c1-31-18-11-10-17(12-19(18)33(28,29)30)32(15-6-2-13(3-7-15)20(22,23)24)16-8-4-14(5-9-16)21(25,26)27;/h2-12H,1H3,(H,28,29,30);/q;+1/p-1.